The number of carbonyl (C=O) groups is 3. The van der Waals surface area contributed by atoms with Crippen LogP contribution in [0.1, 0.15) is 28.8 Å². The van der Waals surface area contributed by atoms with Crippen LogP contribution in [0.2, 0.25) is 0 Å². The van der Waals surface area contributed by atoms with Gasteiger partial charge in [0.25, 0.3) is 21.2 Å². The van der Waals surface area contributed by atoms with E-state index in [-0.39, 0.29) is 28.3 Å². The van der Waals surface area contributed by atoms with Crippen LogP contribution in [0, 0.1) is 0 Å². The average molecular weight is 487 g/mol. The van der Waals surface area contributed by atoms with Crippen LogP contribution in [-0.4, -0.2) is 60.5 Å². The van der Waals surface area contributed by atoms with Gasteiger partial charge in [0.05, 0.1) is 17.2 Å². The second-order valence-electron chi connectivity index (χ2n) is 7.72. The van der Waals surface area contributed by atoms with Gasteiger partial charge in [-0.3, -0.25) is 19.3 Å². The number of hydrogen-bond donors (Lipinski definition) is 1. The minimum atomic E-state index is -3.83. The van der Waals surface area contributed by atoms with Crippen LogP contribution >= 0.6 is 11.8 Å². The van der Waals surface area contributed by atoms with E-state index < -0.39 is 15.9 Å². The van der Waals surface area contributed by atoms with Crippen molar-refractivity contribution in [2.45, 2.75) is 24.3 Å². The van der Waals surface area contributed by atoms with Crippen molar-refractivity contribution in [1.82, 2.24) is 9.80 Å². The number of nitrogens with zero attached hydrogens (tertiary/aromatic N) is 3. The molecule has 2 heterocycles. The van der Waals surface area contributed by atoms with Crippen LogP contribution < -0.4 is 5.32 Å². The van der Waals surface area contributed by atoms with E-state index in [0.717, 1.165) is 29.6 Å². The molecular weight excluding hydrogens is 464 g/mol. The van der Waals surface area contributed by atoms with Crippen LogP contribution in [0.15, 0.2) is 57.8 Å². The first-order valence-corrected chi connectivity index (χ1v) is 12.7. The second kappa shape index (κ2) is 9.36. The van der Waals surface area contributed by atoms with Crippen LogP contribution in [0.3, 0.4) is 0 Å². The van der Waals surface area contributed by atoms with Gasteiger partial charge in [-0.15, -0.1) is 4.40 Å². The van der Waals surface area contributed by atoms with E-state index in [2.05, 4.69) is 9.71 Å². The van der Waals surface area contributed by atoms with Gasteiger partial charge >= 0.3 is 0 Å². The smallest absolute Gasteiger partial charge is 0.289 e. The van der Waals surface area contributed by atoms with Gasteiger partial charge in [0.2, 0.25) is 5.91 Å². The summed E-state index contributed by atoms with van der Waals surface area (Å²) in [4.78, 5) is 39.3. The lowest BCUT2D eigenvalue weighted by atomic mass is 10.1. The Morgan fingerprint density at radius 2 is 1.91 bits per heavy atom. The van der Waals surface area contributed by atoms with Gasteiger partial charge in [-0.1, -0.05) is 23.9 Å². The summed E-state index contributed by atoms with van der Waals surface area (Å²) < 4.78 is 29.1. The lowest BCUT2D eigenvalue weighted by Crippen LogP contribution is -2.28. The van der Waals surface area contributed by atoms with E-state index in [1.807, 2.05) is 11.9 Å². The summed E-state index contributed by atoms with van der Waals surface area (Å²) >= 11 is 0.961. The summed E-state index contributed by atoms with van der Waals surface area (Å²) in [5, 5.41) is 2.43. The molecule has 4 rings (SSSR count). The number of likely N-dealkylation sites (tertiary alicyclic amines) is 1. The number of amides is 3. The van der Waals surface area contributed by atoms with Crippen molar-refractivity contribution in [3.05, 3.63) is 59.7 Å². The van der Waals surface area contributed by atoms with Gasteiger partial charge in [-0.05, 0) is 48.4 Å². The van der Waals surface area contributed by atoms with Crippen LogP contribution in [0.25, 0.3) is 0 Å². The fraction of sp³-hybridized carbons (Fsp3) is 0.273. The van der Waals surface area contributed by atoms with Crippen molar-refractivity contribution in [1.29, 1.82) is 0 Å². The minimum Gasteiger partial charge on any atom is -0.362 e. The largest absolute Gasteiger partial charge is 0.362 e. The highest BCUT2D eigenvalue weighted by atomic mass is 32.2. The number of hydrogen-bond acceptors (Lipinski definition) is 6. The first-order chi connectivity index (χ1) is 15.7. The summed E-state index contributed by atoms with van der Waals surface area (Å²) in [6.45, 7) is 0.889. The van der Waals surface area contributed by atoms with E-state index in [1.165, 1.54) is 24.3 Å². The predicted molar refractivity (Wildman–Crippen MR) is 126 cm³/mol. The molecule has 9 nitrogen and oxygen atoms in total. The molecule has 1 N–H and O–H groups in total. The van der Waals surface area contributed by atoms with E-state index in [0.29, 0.717) is 29.1 Å². The number of amidine groups is 1. The topological polar surface area (TPSA) is 116 Å². The third kappa shape index (κ3) is 5.25. The Labute approximate surface area is 195 Å². The van der Waals surface area contributed by atoms with E-state index in [1.54, 1.807) is 24.3 Å². The molecule has 2 fully saturated rings. The maximum Gasteiger partial charge on any atom is 0.289 e. The van der Waals surface area contributed by atoms with Gasteiger partial charge in [0, 0.05) is 31.3 Å². The summed E-state index contributed by atoms with van der Waals surface area (Å²) in [6, 6.07) is 12.5. The molecule has 2 aromatic carbocycles. The molecule has 0 bridgehead atoms. The number of imide groups is 1. The molecule has 11 heteroatoms. The molecule has 2 aliphatic rings. The van der Waals surface area contributed by atoms with Crippen LogP contribution in [-0.2, 0) is 21.4 Å². The molecule has 33 heavy (non-hydrogen) atoms. The van der Waals surface area contributed by atoms with Gasteiger partial charge < -0.3 is 10.2 Å². The summed E-state index contributed by atoms with van der Waals surface area (Å²) in [6.07, 6.45) is 1.50. The van der Waals surface area contributed by atoms with E-state index in [4.69, 9.17) is 0 Å². The molecule has 172 valence electrons. The number of carbonyl (C=O) groups excluding carboxylic acids is 3. The molecule has 0 saturated carbocycles. The molecule has 0 aromatic heterocycles. The van der Waals surface area contributed by atoms with Crippen molar-refractivity contribution >= 4 is 50.4 Å². The highest BCUT2D eigenvalue weighted by molar-refractivity contribution is 8.14. The molecule has 3 amide bonds. The zero-order valence-electron chi connectivity index (χ0n) is 17.9. The SMILES string of the molecule is CN1CCC/C1=N\S(=O)(=O)c1ccc(NC(=O)c2cccc(CN3C(=O)CSC3=O)c2)cc1. The third-order valence-electron chi connectivity index (χ3n) is 5.34. The van der Waals surface area contributed by atoms with Crippen molar-refractivity contribution < 1.29 is 22.8 Å². The molecule has 0 unspecified atom stereocenters. The first-order valence-electron chi connectivity index (χ1n) is 10.3. The predicted octanol–water partition coefficient (Wildman–Crippen LogP) is 2.95. The maximum absolute atomic E-state index is 12.7. The molecule has 0 aliphatic carbocycles. The molecular formula is C22H22N4O5S2. The number of anilines is 1. The average Bonchev–Trinajstić information content (AvgIpc) is 3.33. The molecule has 0 atom stereocenters. The summed E-state index contributed by atoms with van der Waals surface area (Å²) in [7, 11) is -2.01. The van der Waals surface area contributed by atoms with Gasteiger partial charge in [0.1, 0.15) is 5.84 Å². The highest BCUT2D eigenvalue weighted by Crippen LogP contribution is 2.22. The monoisotopic (exact) mass is 486 g/mol. The lowest BCUT2D eigenvalue weighted by Gasteiger charge is -2.13. The van der Waals surface area contributed by atoms with Crippen LogP contribution in [0.4, 0.5) is 10.5 Å². The molecule has 2 aliphatic heterocycles. The Balaban J connectivity index is 1.44. The standard InChI is InChI=1S/C22H22N4O5S2/c1-25-11-3-6-19(25)24-33(30,31)18-9-7-17(8-10-18)23-21(28)16-5-2-4-15(12-16)13-26-20(27)14-32-22(26)29/h2,4-5,7-10,12H,3,6,11,13-14H2,1H3,(H,23,28)/b24-19+. The van der Waals surface area contributed by atoms with Crippen molar-refractivity contribution in [2.24, 2.45) is 4.40 Å². The molecule has 0 radical (unpaired) electrons. The van der Waals surface area contributed by atoms with Gasteiger partial charge in [-0.2, -0.15) is 8.42 Å². The highest BCUT2D eigenvalue weighted by Gasteiger charge is 2.29. The number of benzene rings is 2. The Morgan fingerprint density at radius 1 is 1.15 bits per heavy atom. The van der Waals surface area contributed by atoms with Crippen LogP contribution in [0.5, 0.6) is 0 Å². The van der Waals surface area contributed by atoms with Crippen molar-refractivity contribution in [3.8, 4) is 0 Å². The Bertz CT molecular complexity index is 1230. The van der Waals surface area contributed by atoms with E-state index >= 15 is 0 Å². The number of nitrogens with one attached hydrogen (secondary N) is 1. The normalized spacial score (nSPS) is 17.8. The second-order valence-corrected chi connectivity index (χ2v) is 10.3. The molecule has 0 spiro atoms. The zero-order chi connectivity index (χ0) is 23.6. The fourth-order valence-corrected chi connectivity index (χ4v) is 5.36. The third-order valence-corrected chi connectivity index (χ3v) is 7.52. The minimum absolute atomic E-state index is 0.0492. The summed E-state index contributed by atoms with van der Waals surface area (Å²) in [5.74, 6) is 0.0325. The number of rotatable bonds is 6. The maximum atomic E-state index is 12.7. The van der Waals surface area contributed by atoms with E-state index in [9.17, 15) is 22.8 Å². The van der Waals surface area contributed by atoms with Crippen molar-refractivity contribution in [2.75, 3.05) is 24.7 Å². The first kappa shape index (κ1) is 23.0. The Morgan fingerprint density at radius 3 is 2.55 bits per heavy atom. The van der Waals surface area contributed by atoms with Gasteiger partial charge in [0.15, 0.2) is 0 Å². The van der Waals surface area contributed by atoms with Gasteiger partial charge in [-0.25, -0.2) is 0 Å². The Kier molecular flexibility index (Phi) is 6.52. The lowest BCUT2D eigenvalue weighted by molar-refractivity contribution is -0.125. The quantitative estimate of drug-likeness (QED) is 0.667. The molecule has 2 saturated heterocycles. The van der Waals surface area contributed by atoms with Crippen molar-refractivity contribution in [3.63, 3.8) is 0 Å². The summed E-state index contributed by atoms with van der Waals surface area (Å²) in [5.41, 5.74) is 1.44. The Hall–Kier alpha value is -3.18. The number of sulfonamides is 1. The number of thioether (sulfide) groups is 1. The molecule has 2 aromatic rings. The zero-order valence-corrected chi connectivity index (χ0v) is 19.5. The fourth-order valence-electron chi connectivity index (χ4n) is 3.54.